The molecule has 21 heavy (non-hydrogen) atoms. The second-order valence-corrected chi connectivity index (χ2v) is 7.11. The standard InChI is InChI=1S/C17H19BrFNS/c1-12(2)20-10-13-4-3-5-16(8-13)21-11-14-6-7-15(19)9-17(14)18/h3-9,12,20H,10-11H2,1-2H3. The lowest BCUT2D eigenvalue weighted by Crippen LogP contribution is -2.21. The second kappa shape index (κ2) is 7.97. The lowest BCUT2D eigenvalue weighted by atomic mass is 10.2. The third-order valence-corrected chi connectivity index (χ3v) is 4.80. The zero-order valence-corrected chi connectivity index (χ0v) is 14.6. The van der Waals surface area contributed by atoms with Crippen LogP contribution in [-0.4, -0.2) is 6.04 Å². The fourth-order valence-electron chi connectivity index (χ4n) is 1.87. The third kappa shape index (κ3) is 5.46. The average molecular weight is 368 g/mol. The SMILES string of the molecule is CC(C)NCc1cccc(SCc2ccc(F)cc2Br)c1. The van der Waals surface area contributed by atoms with Crippen LogP contribution >= 0.6 is 27.7 Å². The molecule has 0 atom stereocenters. The molecule has 0 unspecified atom stereocenters. The van der Waals surface area contributed by atoms with Crippen molar-refractivity contribution in [2.24, 2.45) is 0 Å². The Morgan fingerprint density at radius 1 is 1.19 bits per heavy atom. The molecule has 0 aliphatic rings. The van der Waals surface area contributed by atoms with Gasteiger partial charge in [0.1, 0.15) is 5.82 Å². The van der Waals surface area contributed by atoms with Crippen LogP contribution in [0, 0.1) is 5.82 Å². The highest BCUT2D eigenvalue weighted by molar-refractivity contribution is 9.10. The summed E-state index contributed by atoms with van der Waals surface area (Å²) in [6.07, 6.45) is 0. The molecule has 0 fully saturated rings. The lowest BCUT2D eigenvalue weighted by Gasteiger charge is -2.10. The Hall–Kier alpha value is -0.840. The van der Waals surface area contributed by atoms with Gasteiger partial charge in [-0.2, -0.15) is 0 Å². The Labute approximate surface area is 138 Å². The molecule has 0 spiro atoms. The van der Waals surface area contributed by atoms with Gasteiger partial charge < -0.3 is 5.32 Å². The number of hydrogen-bond donors (Lipinski definition) is 1. The van der Waals surface area contributed by atoms with Crippen LogP contribution in [0.4, 0.5) is 4.39 Å². The maximum Gasteiger partial charge on any atom is 0.124 e. The molecule has 2 aromatic rings. The Morgan fingerprint density at radius 3 is 2.71 bits per heavy atom. The van der Waals surface area contributed by atoms with E-state index in [1.54, 1.807) is 11.8 Å². The van der Waals surface area contributed by atoms with Gasteiger partial charge >= 0.3 is 0 Å². The van der Waals surface area contributed by atoms with Crippen molar-refractivity contribution in [1.82, 2.24) is 5.32 Å². The van der Waals surface area contributed by atoms with Crippen molar-refractivity contribution >= 4 is 27.7 Å². The summed E-state index contributed by atoms with van der Waals surface area (Å²) in [5.74, 6) is 0.611. The van der Waals surface area contributed by atoms with Crippen molar-refractivity contribution < 1.29 is 4.39 Å². The monoisotopic (exact) mass is 367 g/mol. The fraction of sp³-hybridized carbons (Fsp3) is 0.294. The number of hydrogen-bond acceptors (Lipinski definition) is 2. The molecule has 0 aliphatic heterocycles. The first-order valence-electron chi connectivity index (χ1n) is 6.93. The minimum Gasteiger partial charge on any atom is -0.310 e. The molecule has 1 nitrogen and oxygen atoms in total. The smallest absolute Gasteiger partial charge is 0.124 e. The molecule has 0 aromatic heterocycles. The van der Waals surface area contributed by atoms with Crippen LogP contribution in [0.3, 0.4) is 0 Å². The van der Waals surface area contributed by atoms with Gasteiger partial charge in [-0.1, -0.05) is 48.0 Å². The van der Waals surface area contributed by atoms with E-state index in [1.807, 2.05) is 6.07 Å². The zero-order valence-electron chi connectivity index (χ0n) is 12.2. The van der Waals surface area contributed by atoms with E-state index in [-0.39, 0.29) is 5.82 Å². The summed E-state index contributed by atoms with van der Waals surface area (Å²) in [4.78, 5) is 1.23. The molecular weight excluding hydrogens is 349 g/mol. The minimum atomic E-state index is -0.211. The van der Waals surface area contributed by atoms with E-state index < -0.39 is 0 Å². The molecule has 2 rings (SSSR count). The van der Waals surface area contributed by atoms with Crippen LogP contribution in [-0.2, 0) is 12.3 Å². The molecule has 0 bridgehead atoms. The molecule has 0 aliphatic carbocycles. The largest absolute Gasteiger partial charge is 0.310 e. The molecule has 112 valence electrons. The van der Waals surface area contributed by atoms with Crippen LogP contribution < -0.4 is 5.32 Å². The van der Waals surface area contributed by atoms with Gasteiger partial charge in [-0.3, -0.25) is 0 Å². The van der Waals surface area contributed by atoms with Gasteiger partial charge in [0.05, 0.1) is 0 Å². The first-order valence-corrected chi connectivity index (χ1v) is 8.71. The molecular formula is C17H19BrFNS. The maximum absolute atomic E-state index is 13.1. The van der Waals surface area contributed by atoms with Crippen molar-refractivity contribution in [2.45, 2.75) is 37.1 Å². The topological polar surface area (TPSA) is 12.0 Å². The molecule has 0 heterocycles. The first-order chi connectivity index (χ1) is 10.0. The predicted molar refractivity (Wildman–Crippen MR) is 92.1 cm³/mol. The van der Waals surface area contributed by atoms with Crippen molar-refractivity contribution in [3.8, 4) is 0 Å². The number of thioether (sulfide) groups is 1. The van der Waals surface area contributed by atoms with E-state index in [9.17, 15) is 4.39 Å². The quantitative estimate of drug-likeness (QED) is 0.687. The van der Waals surface area contributed by atoms with E-state index in [2.05, 4.69) is 59.4 Å². The molecule has 4 heteroatoms. The highest BCUT2D eigenvalue weighted by Gasteiger charge is 2.04. The molecule has 0 saturated heterocycles. The highest BCUT2D eigenvalue weighted by atomic mass is 79.9. The first kappa shape index (κ1) is 16.5. The van der Waals surface area contributed by atoms with Crippen LogP contribution in [0.25, 0.3) is 0 Å². The minimum absolute atomic E-state index is 0.211. The summed E-state index contributed by atoms with van der Waals surface area (Å²) in [5, 5.41) is 3.42. The summed E-state index contributed by atoms with van der Waals surface area (Å²) < 4.78 is 13.9. The van der Waals surface area contributed by atoms with E-state index in [4.69, 9.17) is 0 Å². The van der Waals surface area contributed by atoms with E-state index >= 15 is 0 Å². The number of halogens is 2. The molecule has 0 amide bonds. The maximum atomic E-state index is 13.1. The second-order valence-electron chi connectivity index (χ2n) is 5.21. The van der Waals surface area contributed by atoms with Crippen molar-refractivity contribution in [3.05, 3.63) is 63.9 Å². The summed E-state index contributed by atoms with van der Waals surface area (Å²) >= 11 is 5.17. The Kier molecular flexibility index (Phi) is 6.27. The molecule has 0 radical (unpaired) electrons. The van der Waals surface area contributed by atoms with Crippen LogP contribution in [0.15, 0.2) is 51.8 Å². The van der Waals surface area contributed by atoms with Gasteiger partial charge in [-0.25, -0.2) is 4.39 Å². The predicted octanol–water partition coefficient (Wildman–Crippen LogP) is 5.38. The number of rotatable bonds is 6. The lowest BCUT2D eigenvalue weighted by molar-refractivity contribution is 0.588. The summed E-state index contributed by atoms with van der Waals surface area (Å²) in [6, 6.07) is 13.9. The number of benzene rings is 2. The molecule has 1 N–H and O–H groups in total. The third-order valence-electron chi connectivity index (χ3n) is 3.02. The van der Waals surface area contributed by atoms with Crippen LogP contribution in [0.5, 0.6) is 0 Å². The van der Waals surface area contributed by atoms with Crippen LogP contribution in [0.1, 0.15) is 25.0 Å². The molecule has 0 saturated carbocycles. The zero-order chi connectivity index (χ0) is 15.2. The van der Waals surface area contributed by atoms with Crippen LogP contribution in [0.2, 0.25) is 0 Å². The molecule has 2 aromatic carbocycles. The van der Waals surface area contributed by atoms with Crippen molar-refractivity contribution in [1.29, 1.82) is 0 Å². The van der Waals surface area contributed by atoms with Gasteiger partial charge in [-0.15, -0.1) is 11.8 Å². The fourth-order valence-corrected chi connectivity index (χ4v) is 3.53. The van der Waals surface area contributed by atoms with Gasteiger partial charge in [0.2, 0.25) is 0 Å². The van der Waals surface area contributed by atoms with E-state index in [0.29, 0.717) is 6.04 Å². The van der Waals surface area contributed by atoms with Crippen molar-refractivity contribution in [3.63, 3.8) is 0 Å². The summed E-state index contributed by atoms with van der Waals surface area (Å²) in [7, 11) is 0. The Morgan fingerprint density at radius 2 is 2.00 bits per heavy atom. The highest BCUT2D eigenvalue weighted by Crippen LogP contribution is 2.28. The van der Waals surface area contributed by atoms with Gasteiger partial charge in [-0.05, 0) is 35.4 Å². The normalized spacial score (nSPS) is 11.1. The van der Waals surface area contributed by atoms with Gasteiger partial charge in [0, 0.05) is 27.7 Å². The number of nitrogens with one attached hydrogen (secondary N) is 1. The summed E-state index contributed by atoms with van der Waals surface area (Å²) in [5.41, 5.74) is 2.39. The van der Waals surface area contributed by atoms with Crippen molar-refractivity contribution in [2.75, 3.05) is 0 Å². The van der Waals surface area contributed by atoms with Gasteiger partial charge in [0.15, 0.2) is 0 Å². The Balaban J connectivity index is 1.98. The Bertz CT molecular complexity index is 601. The van der Waals surface area contributed by atoms with E-state index in [0.717, 1.165) is 22.3 Å². The average Bonchev–Trinajstić information content (AvgIpc) is 2.45. The van der Waals surface area contributed by atoms with Gasteiger partial charge in [0.25, 0.3) is 0 Å². The summed E-state index contributed by atoms with van der Waals surface area (Å²) in [6.45, 7) is 5.17. The van der Waals surface area contributed by atoms with E-state index in [1.165, 1.54) is 22.6 Å².